The molecule has 1 heterocycles. The van der Waals surface area contributed by atoms with Crippen LogP contribution < -0.4 is 9.47 Å². The number of halogens is 1. The summed E-state index contributed by atoms with van der Waals surface area (Å²) in [5.41, 5.74) is 0.625. The summed E-state index contributed by atoms with van der Waals surface area (Å²) < 4.78 is 10.6. The molecule has 0 saturated carbocycles. The lowest BCUT2D eigenvalue weighted by atomic mass is 10.0. The number of ether oxygens (including phenoxy) is 2. The number of carbonyl (C=O) groups is 2. The van der Waals surface area contributed by atoms with Gasteiger partial charge in [0.1, 0.15) is 0 Å². The standard InChI is InChI=1S/C10H7BrO5/c1-4-2-5-9(16-3-15-5)7(11)6(4)8(12)10(13)14/h2H,3H2,1H3,(H,13,14). The Morgan fingerprint density at radius 1 is 1.44 bits per heavy atom. The molecule has 1 N–H and O–H groups in total. The number of carbonyl (C=O) groups excluding carboxylic acids is 1. The van der Waals surface area contributed by atoms with E-state index in [1.807, 2.05) is 0 Å². The van der Waals surface area contributed by atoms with Gasteiger partial charge in [-0.15, -0.1) is 0 Å². The van der Waals surface area contributed by atoms with E-state index < -0.39 is 11.8 Å². The number of rotatable bonds is 2. The largest absolute Gasteiger partial charge is 0.475 e. The number of fused-ring (bicyclic) bond motifs is 1. The summed E-state index contributed by atoms with van der Waals surface area (Å²) in [6.07, 6.45) is 0. The highest BCUT2D eigenvalue weighted by molar-refractivity contribution is 9.10. The molecule has 16 heavy (non-hydrogen) atoms. The summed E-state index contributed by atoms with van der Waals surface area (Å²) in [5, 5.41) is 8.69. The van der Waals surface area contributed by atoms with E-state index in [-0.39, 0.29) is 12.4 Å². The number of Topliss-reactive ketones (excluding diaryl/α,β-unsaturated/α-hetero) is 1. The molecule has 2 rings (SSSR count). The van der Waals surface area contributed by atoms with Crippen LogP contribution in [-0.4, -0.2) is 23.7 Å². The van der Waals surface area contributed by atoms with Crippen LogP contribution in [0.2, 0.25) is 0 Å². The molecular weight excluding hydrogens is 280 g/mol. The van der Waals surface area contributed by atoms with Gasteiger partial charge in [-0.05, 0) is 34.5 Å². The Labute approximate surface area is 99.1 Å². The molecular formula is C10H7BrO5. The van der Waals surface area contributed by atoms with Crippen molar-refractivity contribution in [3.63, 3.8) is 0 Å². The highest BCUT2D eigenvalue weighted by atomic mass is 79.9. The van der Waals surface area contributed by atoms with Crippen LogP contribution in [-0.2, 0) is 4.79 Å². The Hall–Kier alpha value is -1.56. The third-order valence-corrected chi connectivity index (χ3v) is 2.98. The van der Waals surface area contributed by atoms with Gasteiger partial charge in [-0.3, -0.25) is 4.79 Å². The normalized spacial score (nSPS) is 12.6. The van der Waals surface area contributed by atoms with Gasteiger partial charge >= 0.3 is 5.97 Å². The SMILES string of the molecule is Cc1cc2c(c(Br)c1C(=O)C(=O)O)OCO2. The second-order valence-electron chi connectivity index (χ2n) is 3.25. The van der Waals surface area contributed by atoms with Crippen LogP contribution in [0.3, 0.4) is 0 Å². The maximum Gasteiger partial charge on any atom is 0.377 e. The quantitative estimate of drug-likeness (QED) is 0.662. The van der Waals surface area contributed by atoms with Crippen molar-refractivity contribution in [2.24, 2.45) is 0 Å². The van der Waals surface area contributed by atoms with E-state index in [1.165, 1.54) is 0 Å². The number of aliphatic carboxylic acids is 1. The predicted octanol–water partition coefficient (Wildman–Crippen LogP) is 1.75. The van der Waals surface area contributed by atoms with Gasteiger partial charge < -0.3 is 14.6 Å². The van der Waals surface area contributed by atoms with Crippen molar-refractivity contribution in [1.29, 1.82) is 0 Å². The first-order valence-corrected chi connectivity index (χ1v) is 5.18. The number of aryl methyl sites for hydroxylation is 1. The lowest BCUT2D eigenvalue weighted by Crippen LogP contribution is -2.15. The van der Waals surface area contributed by atoms with E-state index in [4.69, 9.17) is 14.6 Å². The molecule has 0 radical (unpaired) electrons. The van der Waals surface area contributed by atoms with E-state index in [1.54, 1.807) is 13.0 Å². The minimum absolute atomic E-state index is 0.0675. The third-order valence-electron chi connectivity index (χ3n) is 2.22. The van der Waals surface area contributed by atoms with Crippen molar-refractivity contribution in [2.75, 3.05) is 6.79 Å². The summed E-state index contributed by atoms with van der Waals surface area (Å²) in [6, 6.07) is 1.59. The summed E-state index contributed by atoms with van der Waals surface area (Å²) >= 11 is 3.16. The molecule has 84 valence electrons. The lowest BCUT2D eigenvalue weighted by molar-refractivity contribution is -0.131. The van der Waals surface area contributed by atoms with Gasteiger partial charge in [0.05, 0.1) is 10.0 Å². The van der Waals surface area contributed by atoms with Gasteiger partial charge in [-0.2, -0.15) is 0 Å². The summed E-state index contributed by atoms with van der Waals surface area (Å²) in [5.74, 6) is -1.59. The highest BCUT2D eigenvalue weighted by Crippen LogP contribution is 2.42. The molecule has 1 aliphatic heterocycles. The van der Waals surface area contributed by atoms with Crippen LogP contribution in [0.15, 0.2) is 10.5 Å². The van der Waals surface area contributed by atoms with Gasteiger partial charge in [0.2, 0.25) is 6.79 Å². The Balaban J connectivity index is 2.63. The molecule has 0 bridgehead atoms. The number of carboxylic acid groups (broad SMARTS) is 1. The average Bonchev–Trinajstić information content (AvgIpc) is 2.65. The second-order valence-corrected chi connectivity index (χ2v) is 4.04. The lowest BCUT2D eigenvalue weighted by Gasteiger charge is -2.07. The van der Waals surface area contributed by atoms with E-state index >= 15 is 0 Å². The zero-order valence-corrected chi connectivity index (χ0v) is 9.83. The molecule has 0 amide bonds. The highest BCUT2D eigenvalue weighted by Gasteiger charge is 2.27. The Bertz CT molecular complexity index is 494. The maximum absolute atomic E-state index is 11.5. The fourth-order valence-electron chi connectivity index (χ4n) is 1.51. The smallest absolute Gasteiger partial charge is 0.377 e. The molecule has 6 heteroatoms. The summed E-state index contributed by atoms with van der Waals surface area (Å²) in [6.45, 7) is 1.71. The van der Waals surface area contributed by atoms with Gasteiger partial charge in [-0.25, -0.2) is 4.79 Å². The van der Waals surface area contributed by atoms with Crippen LogP contribution in [0.25, 0.3) is 0 Å². The number of carboxylic acids is 1. The van der Waals surface area contributed by atoms with E-state index in [9.17, 15) is 9.59 Å². The zero-order valence-electron chi connectivity index (χ0n) is 8.24. The summed E-state index contributed by atoms with van der Waals surface area (Å²) in [4.78, 5) is 22.1. The van der Waals surface area contributed by atoms with Crippen LogP contribution >= 0.6 is 15.9 Å². The van der Waals surface area contributed by atoms with Crippen LogP contribution in [0.1, 0.15) is 15.9 Å². The fourth-order valence-corrected chi connectivity index (χ4v) is 2.31. The molecule has 1 aromatic carbocycles. The molecule has 1 aromatic rings. The Kier molecular flexibility index (Phi) is 2.59. The third kappa shape index (κ3) is 1.55. The first kappa shape index (κ1) is 10.9. The van der Waals surface area contributed by atoms with Crippen LogP contribution in [0.4, 0.5) is 0 Å². The van der Waals surface area contributed by atoms with Crippen LogP contribution in [0.5, 0.6) is 11.5 Å². The number of hydrogen-bond donors (Lipinski definition) is 1. The van der Waals surface area contributed by atoms with Gasteiger partial charge in [0.15, 0.2) is 11.5 Å². The Morgan fingerprint density at radius 2 is 2.12 bits per heavy atom. The molecule has 0 spiro atoms. The number of ketones is 1. The molecule has 0 atom stereocenters. The monoisotopic (exact) mass is 286 g/mol. The summed E-state index contributed by atoms with van der Waals surface area (Å²) in [7, 11) is 0. The van der Waals surface area contributed by atoms with Gasteiger partial charge in [-0.1, -0.05) is 0 Å². The fraction of sp³-hybridized carbons (Fsp3) is 0.200. The van der Waals surface area contributed by atoms with E-state index in [2.05, 4.69) is 15.9 Å². The van der Waals surface area contributed by atoms with E-state index in [0.29, 0.717) is 21.5 Å². The van der Waals surface area contributed by atoms with Crippen molar-refractivity contribution in [3.05, 3.63) is 21.7 Å². The number of hydrogen-bond acceptors (Lipinski definition) is 4. The number of benzene rings is 1. The van der Waals surface area contributed by atoms with Crippen molar-refractivity contribution < 1.29 is 24.2 Å². The average molecular weight is 287 g/mol. The van der Waals surface area contributed by atoms with E-state index in [0.717, 1.165) is 0 Å². The zero-order chi connectivity index (χ0) is 11.9. The molecule has 0 unspecified atom stereocenters. The molecule has 0 aliphatic carbocycles. The second kappa shape index (κ2) is 3.79. The Morgan fingerprint density at radius 3 is 2.75 bits per heavy atom. The van der Waals surface area contributed by atoms with Gasteiger partial charge in [0, 0.05) is 0 Å². The van der Waals surface area contributed by atoms with Crippen molar-refractivity contribution in [3.8, 4) is 11.5 Å². The maximum atomic E-state index is 11.5. The first-order valence-electron chi connectivity index (χ1n) is 4.38. The van der Waals surface area contributed by atoms with Crippen molar-refractivity contribution >= 4 is 27.7 Å². The molecule has 0 aromatic heterocycles. The van der Waals surface area contributed by atoms with Crippen molar-refractivity contribution in [2.45, 2.75) is 6.92 Å². The minimum atomic E-state index is -1.50. The van der Waals surface area contributed by atoms with Crippen LogP contribution in [0, 0.1) is 6.92 Å². The molecule has 1 aliphatic rings. The topological polar surface area (TPSA) is 72.8 Å². The van der Waals surface area contributed by atoms with Crippen molar-refractivity contribution in [1.82, 2.24) is 0 Å². The first-order chi connectivity index (χ1) is 7.52. The molecule has 0 fully saturated rings. The molecule has 0 saturated heterocycles. The molecule has 5 nitrogen and oxygen atoms in total. The minimum Gasteiger partial charge on any atom is -0.475 e. The predicted molar refractivity (Wildman–Crippen MR) is 57.0 cm³/mol. The van der Waals surface area contributed by atoms with Gasteiger partial charge in [0.25, 0.3) is 5.78 Å².